The van der Waals surface area contributed by atoms with Crippen LogP contribution in [0.4, 0.5) is 5.69 Å². The van der Waals surface area contributed by atoms with Gasteiger partial charge in [-0.2, -0.15) is 0 Å². The quantitative estimate of drug-likeness (QED) is 0.678. The van der Waals surface area contributed by atoms with Crippen molar-refractivity contribution in [3.63, 3.8) is 0 Å². The Balaban J connectivity index is 2.51. The highest BCUT2D eigenvalue weighted by atomic mass is 16.4. The Morgan fingerprint density at radius 2 is 2.07 bits per heavy atom. The summed E-state index contributed by atoms with van der Waals surface area (Å²) >= 11 is 0. The van der Waals surface area contributed by atoms with Crippen LogP contribution in [0.25, 0.3) is 0 Å². The number of para-hydroxylation sites is 1. The molecule has 0 fully saturated rings. The number of carbonyl (C=O) groups is 1. The number of benzene rings is 1. The van der Waals surface area contributed by atoms with Crippen molar-refractivity contribution in [1.29, 1.82) is 0 Å². The number of carboxylic acids is 1. The van der Waals surface area contributed by atoms with Gasteiger partial charge in [-0.25, -0.2) is 0 Å². The molecule has 0 radical (unpaired) electrons. The average molecular weight is 208 g/mol. The molecular formula is C11H16N2O2. The SMILES string of the molecule is CC(N)C(CNc1ccccc1)C(=O)O. The lowest BCUT2D eigenvalue weighted by Crippen LogP contribution is -2.37. The van der Waals surface area contributed by atoms with Gasteiger partial charge in [-0.3, -0.25) is 4.79 Å². The molecule has 0 amide bonds. The van der Waals surface area contributed by atoms with Crippen LogP contribution in [0.2, 0.25) is 0 Å². The van der Waals surface area contributed by atoms with Crippen LogP contribution in [0.1, 0.15) is 6.92 Å². The van der Waals surface area contributed by atoms with Gasteiger partial charge in [-0.1, -0.05) is 18.2 Å². The van der Waals surface area contributed by atoms with Crippen molar-refractivity contribution in [3.05, 3.63) is 30.3 Å². The Hall–Kier alpha value is -1.55. The molecule has 15 heavy (non-hydrogen) atoms. The Labute approximate surface area is 89.1 Å². The summed E-state index contributed by atoms with van der Waals surface area (Å²) in [4.78, 5) is 10.8. The van der Waals surface area contributed by atoms with Gasteiger partial charge in [0.25, 0.3) is 0 Å². The number of nitrogens with two attached hydrogens (primary N) is 1. The van der Waals surface area contributed by atoms with Crippen molar-refractivity contribution in [2.24, 2.45) is 11.7 Å². The summed E-state index contributed by atoms with van der Waals surface area (Å²) in [6.45, 7) is 2.04. The average Bonchev–Trinajstić information content (AvgIpc) is 2.18. The van der Waals surface area contributed by atoms with E-state index in [1.165, 1.54) is 0 Å². The molecule has 0 aliphatic carbocycles. The molecule has 0 saturated heterocycles. The lowest BCUT2D eigenvalue weighted by molar-refractivity contribution is -0.141. The van der Waals surface area contributed by atoms with Crippen molar-refractivity contribution < 1.29 is 9.90 Å². The Morgan fingerprint density at radius 1 is 1.47 bits per heavy atom. The molecule has 2 atom stereocenters. The fraction of sp³-hybridized carbons (Fsp3) is 0.364. The molecule has 4 heteroatoms. The minimum Gasteiger partial charge on any atom is -0.481 e. The van der Waals surface area contributed by atoms with Crippen LogP contribution in [0.3, 0.4) is 0 Å². The van der Waals surface area contributed by atoms with Crippen molar-refractivity contribution >= 4 is 11.7 Å². The van der Waals surface area contributed by atoms with Crippen LogP contribution >= 0.6 is 0 Å². The predicted octanol–water partition coefficient (Wildman–Crippen LogP) is 1.15. The van der Waals surface area contributed by atoms with Crippen LogP contribution in [-0.4, -0.2) is 23.7 Å². The van der Waals surface area contributed by atoms with Gasteiger partial charge < -0.3 is 16.2 Å². The number of rotatable bonds is 5. The Kier molecular flexibility index (Phi) is 4.12. The van der Waals surface area contributed by atoms with Gasteiger partial charge in [0.05, 0.1) is 5.92 Å². The summed E-state index contributed by atoms with van der Waals surface area (Å²) in [5, 5.41) is 11.9. The predicted molar refractivity (Wildman–Crippen MR) is 59.7 cm³/mol. The van der Waals surface area contributed by atoms with E-state index in [2.05, 4.69) is 5.32 Å². The van der Waals surface area contributed by atoms with Gasteiger partial charge >= 0.3 is 5.97 Å². The van der Waals surface area contributed by atoms with Gasteiger partial charge in [-0.05, 0) is 19.1 Å². The summed E-state index contributed by atoms with van der Waals surface area (Å²) in [5.74, 6) is -1.43. The van der Waals surface area contributed by atoms with E-state index < -0.39 is 11.9 Å². The fourth-order valence-electron chi connectivity index (χ4n) is 1.28. The molecule has 2 unspecified atom stereocenters. The summed E-state index contributed by atoms with van der Waals surface area (Å²) in [6.07, 6.45) is 0. The van der Waals surface area contributed by atoms with E-state index in [9.17, 15) is 4.79 Å². The number of hydrogen-bond acceptors (Lipinski definition) is 3. The third-order valence-electron chi connectivity index (χ3n) is 2.25. The van der Waals surface area contributed by atoms with Gasteiger partial charge in [0, 0.05) is 18.3 Å². The molecule has 0 aromatic heterocycles. The monoisotopic (exact) mass is 208 g/mol. The van der Waals surface area contributed by atoms with Gasteiger partial charge in [0.2, 0.25) is 0 Å². The molecule has 1 aromatic carbocycles. The molecule has 0 bridgehead atoms. The Bertz CT molecular complexity index is 312. The largest absolute Gasteiger partial charge is 0.481 e. The zero-order chi connectivity index (χ0) is 11.3. The number of aliphatic carboxylic acids is 1. The normalized spacial score (nSPS) is 14.3. The Morgan fingerprint density at radius 3 is 2.53 bits per heavy atom. The lowest BCUT2D eigenvalue weighted by Gasteiger charge is -2.17. The molecule has 0 aliphatic heterocycles. The third-order valence-corrected chi connectivity index (χ3v) is 2.25. The molecule has 0 aliphatic rings. The van der Waals surface area contributed by atoms with E-state index in [-0.39, 0.29) is 6.04 Å². The highest BCUT2D eigenvalue weighted by Crippen LogP contribution is 2.08. The molecule has 0 saturated carbocycles. The van der Waals surface area contributed by atoms with Crippen LogP contribution in [0.5, 0.6) is 0 Å². The second kappa shape index (κ2) is 5.36. The lowest BCUT2D eigenvalue weighted by atomic mass is 10.0. The number of carboxylic acid groups (broad SMARTS) is 1. The van der Waals surface area contributed by atoms with Gasteiger partial charge in [-0.15, -0.1) is 0 Å². The summed E-state index contributed by atoms with van der Waals surface area (Å²) in [6, 6.07) is 9.11. The summed E-state index contributed by atoms with van der Waals surface area (Å²) in [5.41, 5.74) is 6.49. The number of nitrogens with one attached hydrogen (secondary N) is 1. The molecule has 1 aromatic rings. The van der Waals surface area contributed by atoms with Crippen LogP contribution in [-0.2, 0) is 4.79 Å². The number of hydrogen-bond donors (Lipinski definition) is 3. The first-order chi connectivity index (χ1) is 7.11. The van der Waals surface area contributed by atoms with E-state index in [1.807, 2.05) is 30.3 Å². The van der Waals surface area contributed by atoms with Crippen molar-refractivity contribution in [2.45, 2.75) is 13.0 Å². The zero-order valence-electron chi connectivity index (χ0n) is 8.68. The van der Waals surface area contributed by atoms with Crippen molar-refractivity contribution in [3.8, 4) is 0 Å². The smallest absolute Gasteiger partial charge is 0.309 e. The highest BCUT2D eigenvalue weighted by Gasteiger charge is 2.21. The maximum atomic E-state index is 10.8. The molecule has 1 rings (SSSR count). The molecule has 82 valence electrons. The second-order valence-electron chi connectivity index (χ2n) is 3.55. The fourth-order valence-corrected chi connectivity index (χ4v) is 1.28. The van der Waals surface area contributed by atoms with E-state index in [4.69, 9.17) is 10.8 Å². The highest BCUT2D eigenvalue weighted by molar-refractivity contribution is 5.71. The molecule has 4 nitrogen and oxygen atoms in total. The van der Waals surface area contributed by atoms with Gasteiger partial charge in [0.1, 0.15) is 0 Å². The van der Waals surface area contributed by atoms with Crippen LogP contribution < -0.4 is 11.1 Å². The minimum absolute atomic E-state index is 0.344. The molecule has 0 spiro atoms. The van der Waals surface area contributed by atoms with E-state index in [1.54, 1.807) is 6.92 Å². The molecule has 0 heterocycles. The van der Waals surface area contributed by atoms with Crippen molar-refractivity contribution in [2.75, 3.05) is 11.9 Å². The maximum Gasteiger partial charge on any atom is 0.309 e. The van der Waals surface area contributed by atoms with E-state index >= 15 is 0 Å². The standard InChI is InChI=1S/C11H16N2O2/c1-8(12)10(11(14)15)7-13-9-5-3-2-4-6-9/h2-6,8,10,13H,7,12H2,1H3,(H,14,15). The molecular weight excluding hydrogens is 192 g/mol. The third kappa shape index (κ3) is 3.59. The van der Waals surface area contributed by atoms with Crippen molar-refractivity contribution in [1.82, 2.24) is 0 Å². The van der Waals surface area contributed by atoms with Crippen LogP contribution in [0.15, 0.2) is 30.3 Å². The molecule has 4 N–H and O–H groups in total. The first kappa shape index (κ1) is 11.5. The maximum absolute atomic E-state index is 10.8. The van der Waals surface area contributed by atoms with Crippen LogP contribution in [0, 0.1) is 5.92 Å². The van der Waals surface area contributed by atoms with Gasteiger partial charge in [0.15, 0.2) is 0 Å². The van der Waals surface area contributed by atoms with E-state index in [0.29, 0.717) is 6.54 Å². The first-order valence-corrected chi connectivity index (χ1v) is 4.88. The topological polar surface area (TPSA) is 75.3 Å². The van der Waals surface area contributed by atoms with E-state index in [0.717, 1.165) is 5.69 Å². The second-order valence-corrected chi connectivity index (χ2v) is 3.55. The summed E-state index contributed by atoms with van der Waals surface area (Å²) < 4.78 is 0. The zero-order valence-corrected chi connectivity index (χ0v) is 8.68. The minimum atomic E-state index is -0.867. The number of anilines is 1. The summed E-state index contributed by atoms with van der Waals surface area (Å²) in [7, 11) is 0. The first-order valence-electron chi connectivity index (χ1n) is 4.88.